The van der Waals surface area contributed by atoms with E-state index < -0.39 is 10.7 Å². The lowest BCUT2D eigenvalue weighted by atomic mass is 10.1. The lowest BCUT2D eigenvalue weighted by Crippen LogP contribution is -2.14. The molecule has 6 heteroatoms. The van der Waals surface area contributed by atoms with Gasteiger partial charge in [-0.05, 0) is 24.1 Å². The molecule has 1 aliphatic heterocycles. The van der Waals surface area contributed by atoms with Crippen LogP contribution in [-0.2, 0) is 6.42 Å². The van der Waals surface area contributed by atoms with Gasteiger partial charge in [0.1, 0.15) is 6.61 Å². The molecule has 0 spiro atoms. The van der Waals surface area contributed by atoms with E-state index >= 15 is 0 Å². The highest BCUT2D eigenvalue weighted by molar-refractivity contribution is 8.00. The number of fused-ring (bicyclic) bond motifs is 1. The summed E-state index contributed by atoms with van der Waals surface area (Å²) < 4.78 is 19.2. The largest absolute Gasteiger partial charge is 0.489 e. The Morgan fingerprint density at radius 3 is 2.86 bits per heavy atom. The number of nitro benzene ring substituents is 1. The fraction of sp³-hybridized carbons (Fsp3) is 0.200. The predicted molar refractivity (Wildman–Crippen MR) is 78.3 cm³/mol. The molecular weight excluding hydrogens is 293 g/mol. The highest BCUT2D eigenvalue weighted by Gasteiger charge is 2.23. The van der Waals surface area contributed by atoms with Crippen LogP contribution in [0.1, 0.15) is 5.56 Å². The van der Waals surface area contributed by atoms with Gasteiger partial charge < -0.3 is 4.74 Å². The van der Waals surface area contributed by atoms with Crippen molar-refractivity contribution in [2.45, 2.75) is 16.6 Å². The van der Waals surface area contributed by atoms with Crippen LogP contribution in [-0.4, -0.2) is 16.8 Å². The quantitative estimate of drug-likeness (QED) is 0.636. The fourth-order valence-corrected chi connectivity index (χ4v) is 3.47. The Bertz CT molecular complexity index is 667. The summed E-state index contributed by atoms with van der Waals surface area (Å²) >= 11 is 1.71. The van der Waals surface area contributed by atoms with Gasteiger partial charge in [0.15, 0.2) is 11.6 Å². The third kappa shape index (κ3) is 3.00. The molecule has 0 saturated carbocycles. The van der Waals surface area contributed by atoms with Gasteiger partial charge >= 0.3 is 0 Å². The number of halogens is 1. The zero-order valence-corrected chi connectivity index (χ0v) is 11.8. The third-order valence-corrected chi connectivity index (χ3v) is 4.55. The second-order valence-electron chi connectivity index (χ2n) is 4.73. The molecule has 2 aromatic carbocycles. The molecule has 0 saturated heterocycles. The molecule has 108 valence electrons. The number of nitro groups is 1. The highest BCUT2D eigenvalue weighted by Crippen LogP contribution is 2.37. The van der Waals surface area contributed by atoms with Crippen molar-refractivity contribution in [2.75, 3.05) is 6.61 Å². The maximum atomic E-state index is 13.7. The number of thioether (sulfide) groups is 1. The molecule has 4 nitrogen and oxygen atoms in total. The average Bonchev–Trinajstić information content (AvgIpc) is 2.88. The zero-order valence-electron chi connectivity index (χ0n) is 11.0. The summed E-state index contributed by atoms with van der Waals surface area (Å²) in [5.41, 5.74) is 1.00. The first-order valence-electron chi connectivity index (χ1n) is 6.45. The maximum absolute atomic E-state index is 13.7. The second kappa shape index (κ2) is 5.73. The highest BCUT2D eigenvalue weighted by atomic mass is 32.2. The van der Waals surface area contributed by atoms with Gasteiger partial charge in [-0.2, -0.15) is 0 Å². The smallest absolute Gasteiger partial charge is 0.272 e. The number of nitrogens with zero attached hydrogens (tertiary/aromatic N) is 1. The van der Waals surface area contributed by atoms with Crippen LogP contribution in [0, 0.1) is 15.9 Å². The topological polar surface area (TPSA) is 52.4 Å². The number of benzene rings is 2. The number of hydrogen-bond acceptors (Lipinski definition) is 4. The van der Waals surface area contributed by atoms with E-state index in [0.29, 0.717) is 6.61 Å². The van der Waals surface area contributed by atoms with Crippen molar-refractivity contribution in [1.29, 1.82) is 0 Å². The number of rotatable bonds is 4. The summed E-state index contributed by atoms with van der Waals surface area (Å²) in [5, 5.41) is 10.8. The first-order valence-corrected chi connectivity index (χ1v) is 7.33. The van der Waals surface area contributed by atoms with Crippen LogP contribution >= 0.6 is 11.8 Å². The number of ether oxygens (including phenoxy) is 1. The van der Waals surface area contributed by atoms with Crippen molar-refractivity contribution in [2.24, 2.45) is 0 Å². The SMILES string of the molecule is O=[N+]([O-])c1ccc(OCC2Cc3ccccc3S2)c(F)c1. The van der Waals surface area contributed by atoms with Crippen molar-refractivity contribution in [1.82, 2.24) is 0 Å². The van der Waals surface area contributed by atoms with E-state index in [1.807, 2.05) is 12.1 Å². The van der Waals surface area contributed by atoms with Gasteiger partial charge in [0, 0.05) is 16.2 Å². The van der Waals surface area contributed by atoms with Gasteiger partial charge in [0.2, 0.25) is 0 Å². The van der Waals surface area contributed by atoms with Crippen molar-refractivity contribution in [3.63, 3.8) is 0 Å². The van der Waals surface area contributed by atoms with Crippen molar-refractivity contribution in [3.8, 4) is 5.75 Å². The third-order valence-electron chi connectivity index (χ3n) is 3.26. The van der Waals surface area contributed by atoms with Crippen LogP contribution in [0.5, 0.6) is 5.75 Å². The van der Waals surface area contributed by atoms with Crippen LogP contribution < -0.4 is 4.74 Å². The molecule has 1 aliphatic rings. The first kappa shape index (κ1) is 13.9. The van der Waals surface area contributed by atoms with Crippen LogP contribution in [0.4, 0.5) is 10.1 Å². The monoisotopic (exact) mass is 305 g/mol. The van der Waals surface area contributed by atoms with E-state index in [1.54, 1.807) is 11.8 Å². The molecular formula is C15H12FNO3S. The molecule has 0 aliphatic carbocycles. The minimum Gasteiger partial charge on any atom is -0.489 e. The number of non-ortho nitro benzene ring substituents is 1. The van der Waals surface area contributed by atoms with Gasteiger partial charge in [0.05, 0.1) is 11.0 Å². The molecule has 1 unspecified atom stereocenters. The minimum absolute atomic E-state index is 0.0529. The predicted octanol–water partition coefficient (Wildman–Crippen LogP) is 3.83. The Balaban J connectivity index is 1.63. The molecule has 0 amide bonds. The normalized spacial score (nSPS) is 16.5. The second-order valence-corrected chi connectivity index (χ2v) is 6.08. The van der Waals surface area contributed by atoms with Crippen molar-refractivity contribution >= 4 is 17.4 Å². The van der Waals surface area contributed by atoms with Gasteiger partial charge in [-0.25, -0.2) is 4.39 Å². The Labute approximate surface area is 125 Å². The summed E-state index contributed by atoms with van der Waals surface area (Å²) in [5.74, 6) is -0.651. The molecule has 1 heterocycles. The van der Waals surface area contributed by atoms with Crippen LogP contribution in [0.2, 0.25) is 0 Å². The summed E-state index contributed by atoms with van der Waals surface area (Å²) in [6, 6.07) is 11.6. The zero-order chi connectivity index (χ0) is 14.8. The molecule has 0 aromatic heterocycles. The fourth-order valence-electron chi connectivity index (χ4n) is 2.25. The van der Waals surface area contributed by atoms with Gasteiger partial charge in [-0.1, -0.05) is 18.2 Å². The molecule has 21 heavy (non-hydrogen) atoms. The molecule has 1 atom stereocenters. The van der Waals surface area contributed by atoms with E-state index in [0.717, 1.165) is 12.5 Å². The molecule has 0 fully saturated rings. The standard InChI is InChI=1S/C15H12FNO3S/c16-13-8-11(17(18)19)5-6-14(13)20-9-12-7-10-3-1-2-4-15(10)21-12/h1-6,8,12H,7,9H2. The van der Waals surface area contributed by atoms with E-state index in [-0.39, 0.29) is 16.7 Å². The molecule has 0 bridgehead atoms. The van der Waals surface area contributed by atoms with Crippen LogP contribution in [0.3, 0.4) is 0 Å². The van der Waals surface area contributed by atoms with Gasteiger partial charge in [0.25, 0.3) is 5.69 Å². The van der Waals surface area contributed by atoms with Crippen molar-refractivity contribution < 1.29 is 14.1 Å². The Morgan fingerprint density at radius 1 is 1.33 bits per heavy atom. The minimum atomic E-state index is -0.704. The van der Waals surface area contributed by atoms with Gasteiger partial charge in [-0.15, -0.1) is 11.8 Å². The summed E-state index contributed by atoms with van der Waals surface area (Å²) in [7, 11) is 0. The van der Waals surface area contributed by atoms with E-state index in [4.69, 9.17) is 4.74 Å². The maximum Gasteiger partial charge on any atom is 0.272 e. The first-order chi connectivity index (χ1) is 10.1. The van der Waals surface area contributed by atoms with Crippen LogP contribution in [0.25, 0.3) is 0 Å². The Hall–Kier alpha value is -2.08. The van der Waals surface area contributed by atoms with Crippen LogP contribution in [0.15, 0.2) is 47.4 Å². The number of hydrogen-bond donors (Lipinski definition) is 0. The summed E-state index contributed by atoms with van der Waals surface area (Å²) in [6.45, 7) is 0.369. The summed E-state index contributed by atoms with van der Waals surface area (Å²) in [4.78, 5) is 11.2. The lowest BCUT2D eigenvalue weighted by Gasteiger charge is -2.11. The Morgan fingerprint density at radius 2 is 2.14 bits per heavy atom. The van der Waals surface area contributed by atoms with Crippen molar-refractivity contribution in [3.05, 3.63) is 64.0 Å². The van der Waals surface area contributed by atoms with E-state index in [1.165, 1.54) is 22.6 Å². The molecule has 0 N–H and O–H groups in total. The summed E-state index contributed by atoms with van der Waals surface area (Å²) in [6.07, 6.45) is 0.884. The Kier molecular flexibility index (Phi) is 3.79. The molecule has 2 aromatic rings. The lowest BCUT2D eigenvalue weighted by molar-refractivity contribution is -0.385. The van der Waals surface area contributed by atoms with E-state index in [9.17, 15) is 14.5 Å². The van der Waals surface area contributed by atoms with Gasteiger partial charge in [-0.3, -0.25) is 10.1 Å². The molecule has 3 rings (SSSR count). The average molecular weight is 305 g/mol. The molecule has 0 radical (unpaired) electrons. The van der Waals surface area contributed by atoms with E-state index in [2.05, 4.69) is 12.1 Å².